The summed E-state index contributed by atoms with van der Waals surface area (Å²) in [6.45, 7) is 7.37. The average Bonchev–Trinajstić information content (AvgIpc) is 3.33. The first kappa shape index (κ1) is 26.3. The number of hydrogen-bond acceptors (Lipinski definition) is 6. The molecule has 0 spiro atoms. The molecule has 3 aromatic rings. The molecular formula is C28H33FN4O4. The molecule has 1 aliphatic heterocycles. The molecule has 1 saturated heterocycles. The number of nitrogens with zero attached hydrogens (tertiary/aromatic N) is 3. The van der Waals surface area contributed by atoms with E-state index in [9.17, 15) is 14.0 Å². The standard InChI is InChI=1S/C28H33FN4O4/c1-3-7-24-25(37-27(31-24)22-10-12-23(29)13-11-22)26(34)30-20(2)18-32-14-16-33(17-15-32)28(35)36-19-21-8-5-4-6-9-21/h4-6,8-13,20H,3,7,14-19H2,1-2H3,(H,30,34). The summed E-state index contributed by atoms with van der Waals surface area (Å²) in [5.74, 6) is -0.170. The molecule has 2 aromatic carbocycles. The van der Waals surface area contributed by atoms with Gasteiger partial charge in [0.05, 0.1) is 5.69 Å². The van der Waals surface area contributed by atoms with E-state index < -0.39 is 0 Å². The van der Waals surface area contributed by atoms with Crippen LogP contribution in [0.3, 0.4) is 0 Å². The third-order valence-corrected chi connectivity index (χ3v) is 6.23. The fourth-order valence-corrected chi connectivity index (χ4v) is 4.30. The zero-order valence-corrected chi connectivity index (χ0v) is 21.3. The second-order valence-electron chi connectivity index (χ2n) is 9.25. The van der Waals surface area contributed by atoms with Crippen LogP contribution < -0.4 is 5.32 Å². The number of oxazole rings is 1. The summed E-state index contributed by atoms with van der Waals surface area (Å²) in [6.07, 6.45) is 1.10. The highest BCUT2D eigenvalue weighted by atomic mass is 19.1. The Kier molecular flexibility index (Phi) is 8.90. The number of halogens is 1. The highest BCUT2D eigenvalue weighted by molar-refractivity contribution is 5.93. The third kappa shape index (κ3) is 7.16. The molecule has 0 saturated carbocycles. The van der Waals surface area contributed by atoms with E-state index >= 15 is 0 Å². The van der Waals surface area contributed by atoms with E-state index in [0.717, 1.165) is 12.0 Å². The first-order chi connectivity index (χ1) is 17.9. The van der Waals surface area contributed by atoms with Gasteiger partial charge in [0.15, 0.2) is 0 Å². The molecule has 1 fully saturated rings. The number of hydrogen-bond donors (Lipinski definition) is 1. The molecule has 9 heteroatoms. The highest BCUT2D eigenvalue weighted by Crippen LogP contribution is 2.23. The second kappa shape index (κ2) is 12.5. The lowest BCUT2D eigenvalue weighted by atomic mass is 10.2. The fourth-order valence-electron chi connectivity index (χ4n) is 4.30. The topological polar surface area (TPSA) is 87.9 Å². The molecule has 1 unspecified atom stereocenters. The number of carbonyl (C=O) groups excluding carboxylic acids is 2. The van der Waals surface area contributed by atoms with E-state index in [1.807, 2.05) is 44.2 Å². The van der Waals surface area contributed by atoms with Crippen LogP contribution in [0.25, 0.3) is 11.5 Å². The number of benzene rings is 2. The number of aromatic nitrogens is 1. The molecule has 0 aliphatic carbocycles. The molecule has 2 heterocycles. The Bertz CT molecular complexity index is 1170. The van der Waals surface area contributed by atoms with Crippen molar-refractivity contribution in [2.45, 2.75) is 39.3 Å². The Morgan fingerprint density at radius 2 is 1.78 bits per heavy atom. The summed E-state index contributed by atoms with van der Waals surface area (Å²) in [5.41, 5.74) is 2.16. The summed E-state index contributed by atoms with van der Waals surface area (Å²) in [7, 11) is 0. The summed E-state index contributed by atoms with van der Waals surface area (Å²) in [6, 6.07) is 15.3. The van der Waals surface area contributed by atoms with Crippen molar-refractivity contribution < 1.29 is 23.1 Å². The molecule has 1 aromatic heterocycles. The van der Waals surface area contributed by atoms with Crippen molar-refractivity contribution in [3.05, 3.63) is 77.4 Å². The Hall–Kier alpha value is -3.72. The zero-order chi connectivity index (χ0) is 26.2. The van der Waals surface area contributed by atoms with Crippen molar-refractivity contribution in [1.82, 2.24) is 20.1 Å². The summed E-state index contributed by atoms with van der Waals surface area (Å²) in [4.78, 5) is 33.8. The molecule has 1 N–H and O–H groups in total. The Labute approximate surface area is 216 Å². The monoisotopic (exact) mass is 508 g/mol. The van der Waals surface area contributed by atoms with Gasteiger partial charge in [0, 0.05) is 44.3 Å². The lowest BCUT2D eigenvalue weighted by Gasteiger charge is -2.35. The molecule has 2 amide bonds. The number of ether oxygens (including phenoxy) is 1. The molecule has 0 radical (unpaired) electrons. The zero-order valence-electron chi connectivity index (χ0n) is 21.3. The van der Waals surface area contributed by atoms with E-state index in [-0.39, 0.29) is 36.2 Å². The van der Waals surface area contributed by atoms with E-state index in [1.165, 1.54) is 12.1 Å². The maximum atomic E-state index is 13.3. The Morgan fingerprint density at radius 1 is 1.08 bits per heavy atom. The fraction of sp³-hybridized carbons (Fsp3) is 0.393. The van der Waals surface area contributed by atoms with Crippen molar-refractivity contribution >= 4 is 12.0 Å². The molecular weight excluding hydrogens is 475 g/mol. The van der Waals surface area contributed by atoms with Crippen molar-refractivity contribution in [2.24, 2.45) is 0 Å². The van der Waals surface area contributed by atoms with Crippen molar-refractivity contribution in [3.8, 4) is 11.5 Å². The average molecular weight is 509 g/mol. The SMILES string of the molecule is CCCc1nc(-c2ccc(F)cc2)oc1C(=O)NC(C)CN1CCN(C(=O)OCc2ccccc2)CC1. The first-order valence-corrected chi connectivity index (χ1v) is 12.7. The number of carbonyl (C=O) groups is 2. The smallest absolute Gasteiger partial charge is 0.410 e. The lowest BCUT2D eigenvalue weighted by molar-refractivity contribution is 0.0690. The van der Waals surface area contributed by atoms with Crippen LogP contribution in [0.1, 0.15) is 42.1 Å². The van der Waals surface area contributed by atoms with Crippen LogP contribution in [-0.4, -0.2) is 65.5 Å². The van der Waals surface area contributed by atoms with Gasteiger partial charge in [-0.3, -0.25) is 9.69 Å². The van der Waals surface area contributed by atoms with Gasteiger partial charge in [-0.2, -0.15) is 0 Å². The van der Waals surface area contributed by atoms with Crippen LogP contribution in [0, 0.1) is 5.82 Å². The number of nitrogens with one attached hydrogen (secondary N) is 1. The largest absolute Gasteiger partial charge is 0.445 e. The van der Waals surface area contributed by atoms with Crippen molar-refractivity contribution in [3.63, 3.8) is 0 Å². The molecule has 8 nitrogen and oxygen atoms in total. The van der Waals surface area contributed by atoms with Gasteiger partial charge in [-0.05, 0) is 43.2 Å². The van der Waals surface area contributed by atoms with Gasteiger partial charge in [-0.25, -0.2) is 14.2 Å². The molecule has 196 valence electrons. The molecule has 0 bridgehead atoms. The van der Waals surface area contributed by atoms with Gasteiger partial charge in [0.2, 0.25) is 11.7 Å². The van der Waals surface area contributed by atoms with Crippen LogP contribution >= 0.6 is 0 Å². The molecule has 4 rings (SSSR count). The number of piperazine rings is 1. The first-order valence-electron chi connectivity index (χ1n) is 12.7. The summed E-state index contributed by atoms with van der Waals surface area (Å²) in [5, 5.41) is 3.01. The van der Waals surface area contributed by atoms with Crippen LogP contribution in [-0.2, 0) is 17.8 Å². The van der Waals surface area contributed by atoms with E-state index in [4.69, 9.17) is 9.15 Å². The van der Waals surface area contributed by atoms with Crippen LogP contribution in [0.5, 0.6) is 0 Å². The quantitative estimate of drug-likeness (QED) is 0.458. The van der Waals surface area contributed by atoms with Gasteiger partial charge in [0.1, 0.15) is 12.4 Å². The minimum Gasteiger partial charge on any atom is -0.445 e. The van der Waals surface area contributed by atoms with Crippen molar-refractivity contribution in [2.75, 3.05) is 32.7 Å². The van der Waals surface area contributed by atoms with Gasteiger partial charge < -0.3 is 19.4 Å². The Morgan fingerprint density at radius 3 is 2.46 bits per heavy atom. The minimum absolute atomic E-state index is 0.141. The predicted molar refractivity (Wildman–Crippen MR) is 137 cm³/mol. The van der Waals surface area contributed by atoms with Crippen LogP contribution in [0.4, 0.5) is 9.18 Å². The van der Waals surface area contributed by atoms with Gasteiger partial charge >= 0.3 is 6.09 Å². The normalized spacial score (nSPS) is 14.8. The number of aryl methyl sites for hydroxylation is 1. The van der Waals surface area contributed by atoms with Crippen LogP contribution in [0.15, 0.2) is 59.0 Å². The van der Waals surface area contributed by atoms with Crippen molar-refractivity contribution in [1.29, 1.82) is 0 Å². The minimum atomic E-state index is -0.346. The highest BCUT2D eigenvalue weighted by Gasteiger charge is 2.25. The van der Waals surface area contributed by atoms with Gasteiger partial charge in [0.25, 0.3) is 5.91 Å². The lowest BCUT2D eigenvalue weighted by Crippen LogP contribution is -2.52. The van der Waals surface area contributed by atoms with E-state index in [1.54, 1.807) is 17.0 Å². The Balaban J connectivity index is 1.27. The van der Waals surface area contributed by atoms with E-state index in [0.29, 0.717) is 56.3 Å². The molecule has 1 atom stereocenters. The van der Waals surface area contributed by atoms with Gasteiger partial charge in [-0.1, -0.05) is 43.7 Å². The summed E-state index contributed by atoms with van der Waals surface area (Å²) < 4.78 is 24.5. The number of rotatable bonds is 9. The molecule has 1 aliphatic rings. The van der Waals surface area contributed by atoms with Crippen LogP contribution in [0.2, 0.25) is 0 Å². The van der Waals surface area contributed by atoms with Gasteiger partial charge in [-0.15, -0.1) is 0 Å². The maximum Gasteiger partial charge on any atom is 0.410 e. The number of amides is 2. The molecule has 37 heavy (non-hydrogen) atoms. The third-order valence-electron chi connectivity index (χ3n) is 6.23. The maximum absolute atomic E-state index is 13.3. The van der Waals surface area contributed by atoms with E-state index in [2.05, 4.69) is 15.2 Å². The summed E-state index contributed by atoms with van der Waals surface area (Å²) >= 11 is 0. The second-order valence-corrected chi connectivity index (χ2v) is 9.25. The predicted octanol–water partition coefficient (Wildman–Crippen LogP) is 4.51.